The number of carbonyl (C=O) groups is 1. The molecule has 5 aromatic rings. The molecule has 3 aromatic carbocycles. The molecule has 2 aromatic heterocycles. The van der Waals surface area contributed by atoms with Gasteiger partial charge in [-0.25, -0.2) is 4.99 Å². The number of aromatic nitrogens is 2. The van der Waals surface area contributed by atoms with Crippen molar-refractivity contribution < 1.29 is 7.65 Å². The molecule has 6 rings (SSSR count). The minimum absolute atomic E-state index is 0. The van der Waals surface area contributed by atoms with Gasteiger partial charge in [0.25, 0.3) is 0 Å². The van der Waals surface area contributed by atoms with Crippen molar-refractivity contribution in [3.05, 3.63) is 106 Å². The molecule has 0 saturated carbocycles. The topological polar surface area (TPSA) is 89.2 Å². The normalized spacial score (nSPS) is 14.8. The Hall–Kier alpha value is -4.45. The third-order valence-electron chi connectivity index (χ3n) is 7.37. The number of piperazine rings is 1. The van der Waals surface area contributed by atoms with Crippen LogP contribution in [0.15, 0.2) is 89.4 Å². The Kier molecular flexibility index (Phi) is 7.32. The number of aromatic amines is 1. The fourth-order valence-electron chi connectivity index (χ4n) is 5.36. The highest BCUT2D eigenvalue weighted by molar-refractivity contribution is 7.07. The molecule has 1 aliphatic rings. The van der Waals surface area contributed by atoms with Crippen molar-refractivity contribution >= 4 is 33.8 Å². The summed E-state index contributed by atoms with van der Waals surface area (Å²) in [5, 5.41) is 16.1. The number of para-hydroxylation sites is 1. The summed E-state index contributed by atoms with van der Waals surface area (Å²) in [6, 6.07) is 25.6. The first kappa shape index (κ1) is 25.8. The van der Waals surface area contributed by atoms with E-state index in [1.54, 1.807) is 6.07 Å². The van der Waals surface area contributed by atoms with Crippen molar-refractivity contribution in [2.24, 2.45) is 4.99 Å². The zero-order chi connectivity index (χ0) is 27.5. The van der Waals surface area contributed by atoms with Gasteiger partial charge in [0.2, 0.25) is 5.91 Å². The first-order valence-corrected chi connectivity index (χ1v) is 14.3. The number of thiazole rings is 1. The number of hydrogen-bond donors (Lipinski definition) is 2. The molecule has 0 bridgehead atoms. The summed E-state index contributed by atoms with van der Waals surface area (Å²) in [6.45, 7) is 4.93. The molecule has 40 heavy (non-hydrogen) atoms. The van der Waals surface area contributed by atoms with Crippen LogP contribution < -0.4 is 10.1 Å². The van der Waals surface area contributed by atoms with Crippen LogP contribution in [0.25, 0.3) is 22.2 Å². The van der Waals surface area contributed by atoms with Gasteiger partial charge >= 0.3 is 0 Å². The maximum Gasteiger partial charge on any atom is 0.246 e. The van der Waals surface area contributed by atoms with Crippen molar-refractivity contribution in [3.8, 4) is 17.3 Å². The summed E-state index contributed by atoms with van der Waals surface area (Å²) in [4.78, 5) is 25.5. The molecular formula is C32H34N6OS. The van der Waals surface area contributed by atoms with Gasteiger partial charge in [0.15, 0.2) is 4.80 Å². The quantitative estimate of drug-likeness (QED) is 0.279. The SMILES string of the molecule is Cc1cccc(N=c2scc(-c3cccc(C#N)c3)n2C(Cc2c[nH]c3ccccc23)C(=O)N2CCNCC2)c1.[HH].[HH]. The highest BCUT2D eigenvalue weighted by Crippen LogP contribution is 2.30. The van der Waals surface area contributed by atoms with E-state index in [2.05, 4.69) is 38.4 Å². The van der Waals surface area contributed by atoms with Crippen LogP contribution in [0, 0.1) is 18.3 Å². The molecule has 1 atom stereocenters. The molecular weight excluding hydrogens is 516 g/mol. The van der Waals surface area contributed by atoms with E-state index in [0.717, 1.165) is 56.9 Å². The number of carbonyl (C=O) groups excluding carboxylic acids is 1. The first-order chi connectivity index (χ1) is 19.6. The van der Waals surface area contributed by atoms with Gasteiger partial charge in [-0.2, -0.15) is 5.26 Å². The second kappa shape index (κ2) is 11.3. The highest BCUT2D eigenvalue weighted by Gasteiger charge is 2.31. The van der Waals surface area contributed by atoms with Crippen molar-refractivity contribution in [1.29, 1.82) is 5.26 Å². The molecule has 0 spiro atoms. The van der Waals surface area contributed by atoms with Crippen molar-refractivity contribution in [2.75, 3.05) is 26.2 Å². The molecule has 1 fully saturated rings. The molecule has 3 heterocycles. The molecule has 2 N–H and O–H groups in total. The average Bonchev–Trinajstić information content (AvgIpc) is 3.60. The van der Waals surface area contributed by atoms with E-state index in [9.17, 15) is 10.1 Å². The second-order valence-electron chi connectivity index (χ2n) is 10.1. The Morgan fingerprint density at radius 2 is 1.93 bits per heavy atom. The Balaban J connectivity index is 0.00000202. The standard InChI is InChI=1S/C32H30N6OS.2H2/c1-22-6-4-9-26(16-22)36-32-38(30(21-40-32)24-8-5-7-23(17-24)19-33)29(31(39)37-14-12-34-13-15-37)18-25-20-35-28-11-3-2-10-27(25)28;;/h2-11,16-17,20-21,29,34-35H,12-15,18H2,1H3;2*1H. The van der Waals surface area contributed by atoms with Crippen LogP contribution in [0.5, 0.6) is 0 Å². The van der Waals surface area contributed by atoms with Crippen molar-refractivity contribution in [1.82, 2.24) is 19.8 Å². The predicted molar refractivity (Wildman–Crippen MR) is 164 cm³/mol. The number of nitriles is 1. The lowest BCUT2D eigenvalue weighted by atomic mass is 10.0. The number of benzene rings is 3. The monoisotopic (exact) mass is 550 g/mol. The highest BCUT2D eigenvalue weighted by atomic mass is 32.1. The second-order valence-corrected chi connectivity index (χ2v) is 10.9. The van der Waals surface area contributed by atoms with Crippen molar-refractivity contribution in [2.45, 2.75) is 19.4 Å². The molecule has 1 aliphatic heterocycles. The van der Waals surface area contributed by atoms with Crippen LogP contribution in [-0.4, -0.2) is 46.5 Å². The van der Waals surface area contributed by atoms with Crippen LogP contribution in [0.1, 0.15) is 25.6 Å². The third kappa shape index (κ3) is 5.22. The van der Waals surface area contributed by atoms with Gasteiger partial charge in [-0.3, -0.25) is 4.79 Å². The van der Waals surface area contributed by atoms with Gasteiger partial charge in [-0.15, -0.1) is 11.3 Å². The molecule has 1 amide bonds. The lowest BCUT2D eigenvalue weighted by Crippen LogP contribution is -2.49. The van der Waals surface area contributed by atoms with E-state index in [1.165, 1.54) is 11.3 Å². The maximum absolute atomic E-state index is 14.4. The van der Waals surface area contributed by atoms with E-state index in [4.69, 9.17) is 4.99 Å². The van der Waals surface area contributed by atoms with E-state index < -0.39 is 6.04 Å². The van der Waals surface area contributed by atoms with Gasteiger partial charge in [-0.1, -0.05) is 42.5 Å². The number of aryl methyl sites for hydroxylation is 1. The van der Waals surface area contributed by atoms with Crippen LogP contribution in [0.4, 0.5) is 5.69 Å². The van der Waals surface area contributed by atoms with Crippen LogP contribution in [0.2, 0.25) is 0 Å². The smallest absolute Gasteiger partial charge is 0.246 e. The lowest BCUT2D eigenvalue weighted by Gasteiger charge is -2.32. The Morgan fingerprint density at radius 1 is 1.10 bits per heavy atom. The summed E-state index contributed by atoms with van der Waals surface area (Å²) >= 11 is 1.52. The Labute approximate surface area is 240 Å². The molecule has 204 valence electrons. The zero-order valence-corrected chi connectivity index (χ0v) is 23.1. The number of rotatable bonds is 6. The Morgan fingerprint density at radius 3 is 2.75 bits per heavy atom. The largest absolute Gasteiger partial charge is 0.361 e. The summed E-state index contributed by atoms with van der Waals surface area (Å²) < 4.78 is 2.09. The average molecular weight is 551 g/mol. The third-order valence-corrected chi connectivity index (χ3v) is 8.21. The van der Waals surface area contributed by atoms with E-state index >= 15 is 0 Å². The van der Waals surface area contributed by atoms with Crippen molar-refractivity contribution in [3.63, 3.8) is 0 Å². The molecule has 8 heteroatoms. The van der Waals surface area contributed by atoms with Crippen LogP contribution in [0.3, 0.4) is 0 Å². The zero-order valence-electron chi connectivity index (χ0n) is 22.3. The minimum atomic E-state index is -0.521. The number of amides is 1. The summed E-state index contributed by atoms with van der Waals surface area (Å²) in [5.41, 5.74) is 6.44. The van der Waals surface area contributed by atoms with Gasteiger partial charge < -0.3 is 19.8 Å². The van der Waals surface area contributed by atoms with Gasteiger partial charge in [0.1, 0.15) is 6.04 Å². The predicted octanol–water partition coefficient (Wildman–Crippen LogP) is 5.82. The summed E-state index contributed by atoms with van der Waals surface area (Å²) in [5.74, 6) is 0.0774. The number of nitrogens with zero attached hydrogens (tertiary/aromatic N) is 4. The van der Waals surface area contributed by atoms with Crippen LogP contribution >= 0.6 is 11.3 Å². The van der Waals surface area contributed by atoms with Crippen LogP contribution in [-0.2, 0) is 11.2 Å². The van der Waals surface area contributed by atoms with Gasteiger partial charge in [0, 0.05) is 63.5 Å². The van der Waals surface area contributed by atoms with E-state index in [0.29, 0.717) is 25.1 Å². The maximum atomic E-state index is 14.4. The number of H-pyrrole nitrogens is 1. The minimum Gasteiger partial charge on any atom is -0.361 e. The fourth-order valence-corrected chi connectivity index (χ4v) is 6.33. The summed E-state index contributed by atoms with van der Waals surface area (Å²) in [6.07, 6.45) is 2.53. The number of nitrogens with one attached hydrogen (secondary N) is 2. The fraction of sp³-hybridized carbons (Fsp3) is 0.219. The number of fused-ring (bicyclic) bond motifs is 1. The number of hydrogen-bond acceptors (Lipinski definition) is 5. The first-order valence-electron chi connectivity index (χ1n) is 13.5. The van der Waals surface area contributed by atoms with Gasteiger partial charge in [-0.05, 0) is 48.4 Å². The van der Waals surface area contributed by atoms with E-state index in [-0.39, 0.29) is 8.76 Å². The molecule has 0 aliphatic carbocycles. The molecule has 7 nitrogen and oxygen atoms in total. The Bertz CT molecular complexity index is 1790. The van der Waals surface area contributed by atoms with Gasteiger partial charge in [0.05, 0.1) is 23.0 Å². The van der Waals surface area contributed by atoms with E-state index in [1.807, 2.05) is 72.6 Å². The summed E-state index contributed by atoms with van der Waals surface area (Å²) in [7, 11) is 0. The molecule has 0 radical (unpaired) electrons. The molecule has 1 saturated heterocycles. The molecule has 1 unspecified atom stereocenters. The lowest BCUT2D eigenvalue weighted by molar-refractivity contribution is -0.135.